The first kappa shape index (κ1) is 14.7. The van der Waals surface area contributed by atoms with Crippen molar-refractivity contribution in [3.63, 3.8) is 0 Å². The van der Waals surface area contributed by atoms with Crippen LogP contribution in [0.1, 0.15) is 0 Å². The third-order valence-corrected chi connectivity index (χ3v) is 1.55. The number of nitrogens with zero attached hydrogens (tertiary/aromatic N) is 1. The van der Waals surface area contributed by atoms with E-state index in [2.05, 4.69) is 5.32 Å². The highest BCUT2D eigenvalue weighted by Crippen LogP contribution is 2.13. The van der Waals surface area contributed by atoms with Gasteiger partial charge in [0.2, 0.25) is 5.91 Å². The Morgan fingerprint density at radius 3 is 2.19 bits per heavy atom. The molecule has 0 aliphatic heterocycles. The van der Waals surface area contributed by atoms with Crippen molar-refractivity contribution in [2.75, 3.05) is 33.7 Å². The van der Waals surface area contributed by atoms with Gasteiger partial charge in [-0.1, -0.05) is 0 Å². The lowest BCUT2D eigenvalue weighted by atomic mass is 10.5. The molecule has 0 atom stereocenters. The smallest absolute Gasteiger partial charge is 0.353 e. The van der Waals surface area contributed by atoms with Crippen LogP contribution in [0, 0.1) is 0 Å². The van der Waals surface area contributed by atoms with Crippen LogP contribution in [0.2, 0.25) is 0 Å². The first-order chi connectivity index (χ1) is 7.23. The number of likely N-dealkylation sites (N-methyl/N-ethyl adjacent to an activating group) is 1. The number of hydrogen-bond donors (Lipinski definition) is 2. The molecule has 2 N–H and O–H groups in total. The predicted molar refractivity (Wildman–Crippen MR) is 50.6 cm³/mol. The largest absolute Gasteiger partial charge is 0.471 e. The number of nitrogens with one attached hydrogen (secondary N) is 2. The summed E-state index contributed by atoms with van der Waals surface area (Å²) in [5, 5.41) is 3.83. The van der Waals surface area contributed by atoms with Gasteiger partial charge in [0.15, 0.2) is 0 Å². The molecule has 0 aliphatic rings. The van der Waals surface area contributed by atoms with Crippen molar-refractivity contribution in [1.82, 2.24) is 15.5 Å². The molecule has 0 unspecified atom stereocenters. The van der Waals surface area contributed by atoms with Gasteiger partial charge in [0, 0.05) is 13.1 Å². The lowest BCUT2D eigenvalue weighted by Gasteiger charge is -2.11. The standard InChI is InChI=1S/C8H14F3N3O2/c1-14(2)4-3-12-6(15)5-13-7(16)8(9,10)11/h3-5H2,1-2H3,(H,12,15)(H,13,16). The normalized spacial score (nSPS) is 11.4. The van der Waals surface area contributed by atoms with E-state index in [9.17, 15) is 22.8 Å². The molecule has 16 heavy (non-hydrogen) atoms. The highest BCUT2D eigenvalue weighted by atomic mass is 19.4. The van der Waals surface area contributed by atoms with E-state index >= 15 is 0 Å². The summed E-state index contributed by atoms with van der Waals surface area (Å²) in [7, 11) is 3.58. The Kier molecular flexibility index (Phi) is 5.79. The van der Waals surface area contributed by atoms with Gasteiger partial charge in [-0.25, -0.2) is 0 Å². The molecule has 0 aromatic heterocycles. The molecule has 8 heteroatoms. The van der Waals surface area contributed by atoms with Crippen LogP contribution in [-0.2, 0) is 9.59 Å². The van der Waals surface area contributed by atoms with Gasteiger partial charge in [-0.2, -0.15) is 13.2 Å². The van der Waals surface area contributed by atoms with Crippen molar-refractivity contribution in [1.29, 1.82) is 0 Å². The van der Waals surface area contributed by atoms with E-state index in [0.29, 0.717) is 13.1 Å². The number of carbonyl (C=O) groups is 2. The van der Waals surface area contributed by atoms with Crippen molar-refractivity contribution < 1.29 is 22.8 Å². The molecule has 0 spiro atoms. The maximum absolute atomic E-state index is 11.7. The Morgan fingerprint density at radius 2 is 1.75 bits per heavy atom. The average molecular weight is 241 g/mol. The van der Waals surface area contributed by atoms with Gasteiger partial charge in [-0.05, 0) is 14.1 Å². The Morgan fingerprint density at radius 1 is 1.19 bits per heavy atom. The van der Waals surface area contributed by atoms with Crippen LogP contribution in [0.4, 0.5) is 13.2 Å². The van der Waals surface area contributed by atoms with Crippen LogP contribution in [0.3, 0.4) is 0 Å². The molecule has 0 aliphatic carbocycles. The fourth-order valence-electron chi connectivity index (χ4n) is 0.742. The van der Waals surface area contributed by atoms with Gasteiger partial charge in [0.05, 0.1) is 6.54 Å². The maximum Gasteiger partial charge on any atom is 0.471 e. The molecule has 0 bridgehead atoms. The average Bonchev–Trinajstić information content (AvgIpc) is 2.11. The summed E-state index contributed by atoms with van der Waals surface area (Å²) < 4.78 is 35.1. The monoisotopic (exact) mass is 241 g/mol. The molecule has 94 valence electrons. The van der Waals surface area contributed by atoms with Crippen molar-refractivity contribution in [3.05, 3.63) is 0 Å². The van der Waals surface area contributed by atoms with E-state index in [-0.39, 0.29) is 0 Å². The number of alkyl halides is 3. The molecule has 0 saturated heterocycles. The van der Waals surface area contributed by atoms with Crippen molar-refractivity contribution in [2.45, 2.75) is 6.18 Å². The van der Waals surface area contributed by atoms with E-state index in [4.69, 9.17) is 0 Å². The topological polar surface area (TPSA) is 61.4 Å². The van der Waals surface area contributed by atoms with Crippen LogP contribution >= 0.6 is 0 Å². The zero-order chi connectivity index (χ0) is 12.8. The summed E-state index contributed by atoms with van der Waals surface area (Å²) >= 11 is 0. The summed E-state index contributed by atoms with van der Waals surface area (Å²) in [6, 6.07) is 0. The first-order valence-electron chi connectivity index (χ1n) is 4.50. The zero-order valence-electron chi connectivity index (χ0n) is 9.02. The third kappa shape index (κ3) is 7.04. The molecule has 0 fully saturated rings. The van der Waals surface area contributed by atoms with E-state index in [1.807, 2.05) is 0 Å². The predicted octanol–water partition coefficient (Wildman–Crippen LogP) is -0.657. The Bertz CT molecular complexity index is 253. The Balaban J connectivity index is 3.70. The van der Waals surface area contributed by atoms with Crippen LogP contribution in [0.5, 0.6) is 0 Å². The number of carbonyl (C=O) groups excluding carboxylic acids is 2. The Hall–Kier alpha value is -1.31. The number of rotatable bonds is 5. The van der Waals surface area contributed by atoms with Gasteiger partial charge in [-0.3, -0.25) is 9.59 Å². The van der Waals surface area contributed by atoms with Crippen LogP contribution in [0.15, 0.2) is 0 Å². The molecular formula is C8H14F3N3O2. The summed E-state index contributed by atoms with van der Waals surface area (Å²) in [4.78, 5) is 23.1. The minimum Gasteiger partial charge on any atom is -0.353 e. The van der Waals surface area contributed by atoms with Crippen molar-refractivity contribution in [2.24, 2.45) is 0 Å². The molecule has 0 rings (SSSR count). The molecular weight excluding hydrogens is 227 g/mol. The van der Waals surface area contributed by atoms with Gasteiger partial charge in [-0.15, -0.1) is 0 Å². The molecule has 0 aromatic rings. The molecule has 0 heterocycles. The number of hydrogen-bond acceptors (Lipinski definition) is 3. The summed E-state index contributed by atoms with van der Waals surface area (Å²) in [5.41, 5.74) is 0. The molecule has 5 nitrogen and oxygen atoms in total. The van der Waals surface area contributed by atoms with Gasteiger partial charge < -0.3 is 15.5 Å². The number of halogens is 3. The van der Waals surface area contributed by atoms with E-state index in [1.165, 1.54) is 5.32 Å². The zero-order valence-corrected chi connectivity index (χ0v) is 9.02. The lowest BCUT2D eigenvalue weighted by Crippen LogP contribution is -2.43. The first-order valence-corrected chi connectivity index (χ1v) is 4.50. The third-order valence-electron chi connectivity index (χ3n) is 1.55. The second-order valence-electron chi connectivity index (χ2n) is 3.33. The quantitative estimate of drug-likeness (QED) is 0.672. The lowest BCUT2D eigenvalue weighted by molar-refractivity contribution is -0.173. The van der Waals surface area contributed by atoms with Crippen LogP contribution in [-0.4, -0.2) is 56.6 Å². The second kappa shape index (κ2) is 6.31. The van der Waals surface area contributed by atoms with Gasteiger partial charge in [0.1, 0.15) is 0 Å². The van der Waals surface area contributed by atoms with Gasteiger partial charge >= 0.3 is 12.1 Å². The van der Waals surface area contributed by atoms with Gasteiger partial charge in [0.25, 0.3) is 0 Å². The van der Waals surface area contributed by atoms with Crippen LogP contribution < -0.4 is 10.6 Å². The van der Waals surface area contributed by atoms with E-state index in [0.717, 1.165) is 0 Å². The highest BCUT2D eigenvalue weighted by molar-refractivity contribution is 5.87. The fourth-order valence-corrected chi connectivity index (χ4v) is 0.742. The van der Waals surface area contributed by atoms with Crippen LogP contribution in [0.25, 0.3) is 0 Å². The van der Waals surface area contributed by atoms with E-state index < -0.39 is 24.5 Å². The molecule has 0 saturated carbocycles. The molecule has 0 aromatic carbocycles. The molecule has 0 radical (unpaired) electrons. The summed E-state index contributed by atoms with van der Waals surface area (Å²) in [5.74, 6) is -2.77. The minimum atomic E-state index is -4.95. The molecule has 2 amide bonds. The summed E-state index contributed by atoms with van der Waals surface area (Å²) in [6.07, 6.45) is -4.95. The van der Waals surface area contributed by atoms with E-state index in [1.54, 1.807) is 19.0 Å². The minimum absolute atomic E-state index is 0.313. The van der Waals surface area contributed by atoms with Crippen molar-refractivity contribution >= 4 is 11.8 Å². The summed E-state index contributed by atoms with van der Waals surface area (Å²) in [6.45, 7) is 0.207. The highest BCUT2D eigenvalue weighted by Gasteiger charge is 2.38. The maximum atomic E-state index is 11.7. The number of amides is 2. The SMILES string of the molecule is CN(C)CCNC(=O)CNC(=O)C(F)(F)F. The Labute approximate surface area is 91.0 Å². The second-order valence-corrected chi connectivity index (χ2v) is 3.33. The van der Waals surface area contributed by atoms with Crippen molar-refractivity contribution in [3.8, 4) is 0 Å². The fraction of sp³-hybridized carbons (Fsp3) is 0.750.